The van der Waals surface area contributed by atoms with E-state index in [0.717, 1.165) is 89.9 Å². The van der Waals surface area contributed by atoms with Crippen LogP contribution in [0.15, 0.2) is 72.9 Å². The molecule has 1 aliphatic heterocycles. The van der Waals surface area contributed by atoms with E-state index in [0.29, 0.717) is 12.8 Å². The van der Waals surface area contributed by atoms with Crippen molar-refractivity contribution >= 4 is 11.9 Å². The molecule has 1 saturated heterocycles. The van der Waals surface area contributed by atoms with E-state index >= 15 is 0 Å². The minimum absolute atomic E-state index is 0.114. The highest BCUT2D eigenvalue weighted by Gasteiger charge is 2.47. The summed E-state index contributed by atoms with van der Waals surface area (Å²) in [6, 6.07) is -1.03. The fraction of sp³-hybridized carbons (Fsp3) is 0.811. The van der Waals surface area contributed by atoms with Crippen LogP contribution in [0, 0.1) is 0 Å². The lowest BCUT2D eigenvalue weighted by Crippen LogP contribution is -2.61. The lowest BCUT2D eigenvalue weighted by molar-refractivity contribution is -0.305. The third-order valence-electron chi connectivity index (χ3n) is 16.6. The van der Waals surface area contributed by atoms with Crippen molar-refractivity contribution in [1.82, 2.24) is 5.32 Å². The normalized spacial score (nSPS) is 18.8. The molecule has 6 N–H and O–H groups in total. The first kappa shape index (κ1) is 80.1. The molecule has 0 aromatic carbocycles. The van der Waals surface area contributed by atoms with Gasteiger partial charge in [-0.2, -0.15) is 0 Å². The van der Waals surface area contributed by atoms with Gasteiger partial charge in [0.05, 0.1) is 25.4 Å². The zero-order chi connectivity index (χ0) is 61.7. The van der Waals surface area contributed by atoms with Crippen molar-refractivity contribution in [2.75, 3.05) is 13.2 Å². The summed E-state index contributed by atoms with van der Waals surface area (Å²) in [5.41, 5.74) is 0. The summed E-state index contributed by atoms with van der Waals surface area (Å²) < 4.78 is 17.7. The first-order valence-electron chi connectivity index (χ1n) is 35.7. The van der Waals surface area contributed by atoms with Gasteiger partial charge in [-0.1, -0.05) is 293 Å². The molecule has 0 aliphatic carbocycles. The Balaban J connectivity index is 2.60. The molecule has 0 radical (unpaired) electrons. The molecule has 1 fully saturated rings. The van der Waals surface area contributed by atoms with E-state index in [2.05, 4.69) is 86.8 Å². The Labute approximate surface area is 521 Å². The summed E-state index contributed by atoms with van der Waals surface area (Å²) in [4.78, 5) is 26.7. The summed E-state index contributed by atoms with van der Waals surface area (Å²) in [5.74, 6) is -1.20. The van der Waals surface area contributed by atoms with Crippen LogP contribution in [0.25, 0.3) is 0 Å². The molecule has 0 aromatic heterocycles. The highest BCUT2D eigenvalue weighted by atomic mass is 16.7. The minimum Gasteiger partial charge on any atom is -0.454 e. The molecule has 0 saturated carbocycles. The SMILES string of the molecule is CCCCC/C=C\C/C=C\C/C=C\CCCCCCCCCCC(=O)OC1C(OCC(NC(=O)C(O)CCCCCCCCCCCCCC/C=C\C/C=C\CCCCC)C(O)/C=C/CCCCCCCCCCCCC)OC(CO)C(O)C1O. The molecule has 1 rings (SSSR count). The number of rotatable bonds is 61. The van der Waals surface area contributed by atoms with Crippen molar-refractivity contribution in [3.8, 4) is 0 Å². The molecule has 85 heavy (non-hydrogen) atoms. The minimum atomic E-state index is -1.62. The van der Waals surface area contributed by atoms with Gasteiger partial charge in [0.2, 0.25) is 5.91 Å². The van der Waals surface area contributed by atoms with Gasteiger partial charge < -0.3 is 45.1 Å². The van der Waals surface area contributed by atoms with Crippen LogP contribution in [-0.2, 0) is 23.8 Å². The Kier molecular flexibility index (Phi) is 57.8. The van der Waals surface area contributed by atoms with Crippen LogP contribution in [0.4, 0.5) is 0 Å². The molecule has 11 nitrogen and oxygen atoms in total. The fourth-order valence-electron chi connectivity index (χ4n) is 10.9. The van der Waals surface area contributed by atoms with Crippen LogP contribution in [0.2, 0.25) is 0 Å². The van der Waals surface area contributed by atoms with Gasteiger partial charge in [0.1, 0.15) is 24.4 Å². The maximum Gasteiger partial charge on any atom is 0.306 e. The summed E-state index contributed by atoms with van der Waals surface area (Å²) in [5, 5.41) is 57.3. The average Bonchev–Trinajstić information content (AvgIpc) is 2.48. The Bertz CT molecular complexity index is 1660. The van der Waals surface area contributed by atoms with Gasteiger partial charge in [-0.15, -0.1) is 0 Å². The number of esters is 1. The average molecular weight is 1200 g/mol. The number of carbonyl (C=O) groups is 2. The van der Waals surface area contributed by atoms with Crippen LogP contribution < -0.4 is 5.32 Å². The van der Waals surface area contributed by atoms with E-state index in [4.69, 9.17) is 14.2 Å². The number of hydrogen-bond acceptors (Lipinski definition) is 10. The van der Waals surface area contributed by atoms with Gasteiger partial charge in [0.15, 0.2) is 12.4 Å². The van der Waals surface area contributed by atoms with E-state index in [-0.39, 0.29) is 19.4 Å². The Morgan fingerprint density at radius 1 is 0.459 bits per heavy atom. The summed E-state index contributed by atoms with van der Waals surface area (Å²) >= 11 is 0. The molecule has 0 spiro atoms. The number of ether oxygens (including phenoxy) is 3. The van der Waals surface area contributed by atoms with Gasteiger partial charge >= 0.3 is 5.97 Å². The van der Waals surface area contributed by atoms with Crippen molar-refractivity contribution in [2.24, 2.45) is 0 Å². The fourth-order valence-corrected chi connectivity index (χ4v) is 10.9. The van der Waals surface area contributed by atoms with Crippen molar-refractivity contribution in [3.63, 3.8) is 0 Å². The number of amides is 1. The Morgan fingerprint density at radius 3 is 1.24 bits per heavy atom. The number of unbranched alkanes of at least 4 members (excludes halogenated alkanes) is 37. The van der Waals surface area contributed by atoms with Crippen LogP contribution in [0.1, 0.15) is 323 Å². The topological polar surface area (TPSA) is 175 Å². The summed E-state index contributed by atoms with van der Waals surface area (Å²) in [6.45, 7) is 5.77. The molecule has 0 aromatic rings. The van der Waals surface area contributed by atoms with E-state index in [1.54, 1.807) is 6.08 Å². The molecule has 494 valence electrons. The number of aliphatic hydroxyl groups is 5. The highest BCUT2D eigenvalue weighted by molar-refractivity contribution is 5.80. The van der Waals surface area contributed by atoms with E-state index in [1.165, 1.54) is 186 Å². The van der Waals surface area contributed by atoms with Crippen LogP contribution in [0.5, 0.6) is 0 Å². The van der Waals surface area contributed by atoms with Crippen LogP contribution in [-0.4, -0.2) is 99.6 Å². The molecule has 1 aliphatic rings. The first-order chi connectivity index (χ1) is 41.7. The van der Waals surface area contributed by atoms with Gasteiger partial charge in [-0.05, 0) is 96.3 Å². The predicted octanol–water partition coefficient (Wildman–Crippen LogP) is 18.3. The molecule has 1 amide bonds. The quantitative estimate of drug-likeness (QED) is 0.0195. The standard InChI is InChI=1S/C74H133NO10/c1-4-7-10-13-16-19-22-25-27-29-31-33-35-36-38-40-43-46-49-52-55-58-61-67(78)73(82)75-65(66(77)60-57-54-51-48-45-42-24-21-18-15-12-9-6-3)64-83-74-72(71(81)70(80)68(63-76)84-74)85-69(79)62-59-56-53-50-47-44-41-39-37-34-32-30-28-26-23-20-17-14-11-8-5-2/h16-17,19-20,25-28,32,34,57,60,65-68,70-72,74,76-78,80-81H,4-15,18,21-24,29-31,33,35-56,58-59,61-64H2,1-3H3,(H,75,82)/b19-16-,20-17-,27-25-,28-26-,34-32-,60-57+. The maximum absolute atomic E-state index is 13.5. The summed E-state index contributed by atoms with van der Waals surface area (Å²) in [6.07, 6.45) is 69.3. The van der Waals surface area contributed by atoms with Crippen LogP contribution >= 0.6 is 0 Å². The zero-order valence-electron chi connectivity index (χ0n) is 55.0. The zero-order valence-corrected chi connectivity index (χ0v) is 55.0. The van der Waals surface area contributed by atoms with Gasteiger partial charge in [0.25, 0.3) is 0 Å². The first-order valence-corrected chi connectivity index (χ1v) is 35.7. The van der Waals surface area contributed by atoms with Gasteiger partial charge in [-0.25, -0.2) is 0 Å². The molecule has 0 bridgehead atoms. The largest absolute Gasteiger partial charge is 0.454 e. The molecule has 8 atom stereocenters. The molecular weight excluding hydrogens is 1060 g/mol. The molecular formula is C74H133NO10. The van der Waals surface area contributed by atoms with Crippen molar-refractivity contribution < 1.29 is 49.3 Å². The van der Waals surface area contributed by atoms with E-state index in [9.17, 15) is 35.1 Å². The lowest BCUT2D eigenvalue weighted by Gasteiger charge is -2.41. The molecule has 11 heteroatoms. The second-order valence-corrected chi connectivity index (χ2v) is 24.6. The number of nitrogens with one attached hydrogen (secondary N) is 1. The second kappa shape index (κ2) is 61.3. The number of aliphatic hydroxyl groups excluding tert-OH is 5. The van der Waals surface area contributed by atoms with E-state index in [1.807, 2.05) is 6.08 Å². The van der Waals surface area contributed by atoms with Gasteiger partial charge in [-0.3, -0.25) is 9.59 Å². The predicted molar refractivity (Wildman–Crippen MR) is 356 cm³/mol. The van der Waals surface area contributed by atoms with Gasteiger partial charge in [0, 0.05) is 6.42 Å². The molecule has 8 unspecified atom stereocenters. The van der Waals surface area contributed by atoms with E-state index < -0.39 is 67.4 Å². The second-order valence-electron chi connectivity index (χ2n) is 24.6. The van der Waals surface area contributed by atoms with Crippen molar-refractivity contribution in [1.29, 1.82) is 0 Å². The van der Waals surface area contributed by atoms with Crippen molar-refractivity contribution in [3.05, 3.63) is 72.9 Å². The highest BCUT2D eigenvalue weighted by Crippen LogP contribution is 2.26. The lowest BCUT2D eigenvalue weighted by atomic mass is 9.99. The Hall–Kier alpha value is -2.90. The third kappa shape index (κ3) is 48.7. The van der Waals surface area contributed by atoms with Crippen molar-refractivity contribution in [2.45, 2.75) is 372 Å². The maximum atomic E-state index is 13.5. The summed E-state index contributed by atoms with van der Waals surface area (Å²) in [7, 11) is 0. The monoisotopic (exact) mass is 1200 g/mol. The molecule has 1 heterocycles. The smallest absolute Gasteiger partial charge is 0.306 e. The third-order valence-corrected chi connectivity index (χ3v) is 16.6. The number of allylic oxidation sites excluding steroid dienone is 11. The Morgan fingerprint density at radius 2 is 0.812 bits per heavy atom. The number of carbonyl (C=O) groups excluding carboxylic acids is 2. The van der Waals surface area contributed by atoms with Crippen LogP contribution in [0.3, 0.4) is 0 Å². The number of hydrogen-bond donors (Lipinski definition) is 6.